The molecule has 0 N–H and O–H groups in total. The van der Waals surface area contributed by atoms with Gasteiger partial charge in [0.25, 0.3) is 0 Å². The van der Waals surface area contributed by atoms with Gasteiger partial charge in [-0.1, -0.05) is 42.5 Å². The Hall–Kier alpha value is -2.33. The summed E-state index contributed by atoms with van der Waals surface area (Å²) in [6.45, 7) is 0.575. The Labute approximate surface area is 135 Å². The van der Waals surface area contributed by atoms with Crippen LogP contribution in [-0.2, 0) is 9.53 Å². The van der Waals surface area contributed by atoms with Crippen LogP contribution < -0.4 is 4.74 Å². The Balaban J connectivity index is 1.62. The van der Waals surface area contributed by atoms with Gasteiger partial charge in [-0.25, -0.2) is 0 Å². The van der Waals surface area contributed by atoms with Crippen LogP contribution in [0.2, 0.25) is 0 Å². The zero-order valence-electron chi connectivity index (χ0n) is 13.0. The number of benzene rings is 2. The molecule has 4 rings (SSSR count). The largest absolute Gasteiger partial charge is 0.497 e. The fourth-order valence-electron chi connectivity index (χ4n) is 3.59. The van der Waals surface area contributed by atoms with E-state index < -0.39 is 0 Å². The molecule has 2 aliphatic heterocycles. The van der Waals surface area contributed by atoms with Crippen molar-refractivity contribution in [2.45, 2.75) is 24.6 Å². The highest BCUT2D eigenvalue weighted by Crippen LogP contribution is 2.43. The predicted octanol–water partition coefficient (Wildman–Crippen LogP) is 3.11. The Morgan fingerprint density at radius 3 is 2.65 bits per heavy atom. The van der Waals surface area contributed by atoms with Crippen LogP contribution in [0.25, 0.3) is 0 Å². The Morgan fingerprint density at radius 1 is 1.09 bits per heavy atom. The number of carbonyl (C=O) groups is 1. The number of nitrogens with zero attached hydrogens (tertiary/aromatic N) is 1. The third-order valence-corrected chi connectivity index (χ3v) is 4.76. The van der Waals surface area contributed by atoms with E-state index in [2.05, 4.69) is 12.1 Å². The van der Waals surface area contributed by atoms with E-state index in [-0.39, 0.29) is 24.1 Å². The van der Waals surface area contributed by atoms with E-state index in [0.717, 1.165) is 16.9 Å². The number of fused-ring (bicyclic) bond motifs is 1. The van der Waals surface area contributed by atoms with Crippen LogP contribution in [0.15, 0.2) is 54.6 Å². The van der Waals surface area contributed by atoms with Crippen molar-refractivity contribution >= 4 is 5.91 Å². The minimum Gasteiger partial charge on any atom is -0.497 e. The van der Waals surface area contributed by atoms with E-state index in [9.17, 15) is 4.79 Å². The molecular formula is C19H19NO3. The molecule has 1 unspecified atom stereocenters. The van der Waals surface area contributed by atoms with E-state index in [1.54, 1.807) is 7.11 Å². The second-order valence-corrected chi connectivity index (χ2v) is 6.02. The van der Waals surface area contributed by atoms with Crippen LogP contribution in [0, 0.1) is 0 Å². The van der Waals surface area contributed by atoms with Gasteiger partial charge in [-0.15, -0.1) is 0 Å². The van der Waals surface area contributed by atoms with Crippen molar-refractivity contribution in [3.63, 3.8) is 0 Å². The summed E-state index contributed by atoms with van der Waals surface area (Å²) < 4.78 is 11.2. The normalized spacial score (nSPS) is 26.4. The molecule has 118 valence electrons. The van der Waals surface area contributed by atoms with E-state index in [4.69, 9.17) is 9.47 Å². The van der Waals surface area contributed by atoms with Crippen molar-refractivity contribution in [3.05, 3.63) is 65.7 Å². The molecule has 2 aromatic rings. The van der Waals surface area contributed by atoms with Crippen LogP contribution in [0.1, 0.15) is 29.5 Å². The van der Waals surface area contributed by atoms with Gasteiger partial charge < -0.3 is 14.4 Å². The maximum atomic E-state index is 13.0. The monoisotopic (exact) mass is 309 g/mol. The molecule has 2 aliphatic rings. The average molecular weight is 309 g/mol. The van der Waals surface area contributed by atoms with Crippen molar-refractivity contribution in [1.82, 2.24) is 4.90 Å². The molecule has 2 aromatic carbocycles. The molecule has 2 fully saturated rings. The van der Waals surface area contributed by atoms with E-state index in [1.165, 1.54) is 0 Å². The lowest BCUT2D eigenvalue weighted by molar-refractivity contribution is -0.132. The molecule has 1 amide bonds. The molecule has 0 spiro atoms. The smallest absolute Gasteiger partial charge is 0.232 e. The highest BCUT2D eigenvalue weighted by molar-refractivity contribution is 5.87. The number of rotatable bonds is 3. The molecule has 4 nitrogen and oxygen atoms in total. The summed E-state index contributed by atoms with van der Waals surface area (Å²) in [4.78, 5) is 14.9. The molecule has 0 bridgehead atoms. The van der Waals surface area contributed by atoms with Crippen LogP contribution in [0.5, 0.6) is 5.75 Å². The van der Waals surface area contributed by atoms with Crippen LogP contribution >= 0.6 is 0 Å². The second-order valence-electron chi connectivity index (χ2n) is 6.02. The molecular weight excluding hydrogens is 290 g/mol. The SMILES string of the molecule is COc1cccc(C2C[C@H]3OC[C@H](c4ccccc4)N3C2=O)c1. The first kappa shape index (κ1) is 14.3. The van der Waals surface area contributed by atoms with Gasteiger partial charge in [0.2, 0.25) is 5.91 Å². The number of ether oxygens (including phenoxy) is 2. The molecule has 2 saturated heterocycles. The first-order valence-electron chi connectivity index (χ1n) is 7.90. The minimum atomic E-state index is -0.151. The average Bonchev–Trinajstić information content (AvgIpc) is 3.16. The number of carbonyl (C=O) groups excluding carboxylic acids is 1. The summed E-state index contributed by atoms with van der Waals surface area (Å²) in [5.41, 5.74) is 2.13. The summed E-state index contributed by atoms with van der Waals surface area (Å²) in [6, 6.07) is 17.9. The lowest BCUT2D eigenvalue weighted by Crippen LogP contribution is -2.31. The van der Waals surface area contributed by atoms with Crippen molar-refractivity contribution in [2.24, 2.45) is 0 Å². The zero-order valence-corrected chi connectivity index (χ0v) is 13.0. The van der Waals surface area contributed by atoms with Crippen LogP contribution in [0.3, 0.4) is 0 Å². The van der Waals surface area contributed by atoms with Crippen molar-refractivity contribution < 1.29 is 14.3 Å². The zero-order chi connectivity index (χ0) is 15.8. The van der Waals surface area contributed by atoms with Crippen LogP contribution in [0.4, 0.5) is 0 Å². The van der Waals surface area contributed by atoms with Gasteiger partial charge in [0, 0.05) is 6.42 Å². The van der Waals surface area contributed by atoms with Crippen molar-refractivity contribution in [1.29, 1.82) is 0 Å². The molecule has 0 radical (unpaired) electrons. The maximum absolute atomic E-state index is 13.0. The van der Waals surface area contributed by atoms with E-state index >= 15 is 0 Å². The third kappa shape index (κ3) is 2.39. The highest BCUT2D eigenvalue weighted by Gasteiger charge is 2.48. The Kier molecular flexibility index (Phi) is 3.54. The summed E-state index contributed by atoms with van der Waals surface area (Å²) in [5.74, 6) is 0.777. The Morgan fingerprint density at radius 2 is 1.87 bits per heavy atom. The van der Waals surface area contributed by atoms with Gasteiger partial charge in [0.15, 0.2) is 0 Å². The fourth-order valence-corrected chi connectivity index (χ4v) is 3.59. The van der Waals surface area contributed by atoms with E-state index in [0.29, 0.717) is 13.0 Å². The number of hydrogen-bond donors (Lipinski definition) is 0. The van der Waals surface area contributed by atoms with Crippen LogP contribution in [-0.4, -0.2) is 30.8 Å². The second kappa shape index (κ2) is 5.70. The van der Waals surface area contributed by atoms with Gasteiger partial charge in [-0.05, 0) is 23.3 Å². The van der Waals surface area contributed by atoms with Gasteiger partial charge >= 0.3 is 0 Å². The quantitative estimate of drug-likeness (QED) is 0.874. The fraction of sp³-hybridized carbons (Fsp3) is 0.316. The Bertz CT molecular complexity index is 716. The molecule has 0 saturated carbocycles. The molecule has 0 aromatic heterocycles. The van der Waals surface area contributed by atoms with Crippen molar-refractivity contribution in [3.8, 4) is 5.75 Å². The minimum absolute atomic E-state index is 0.0179. The van der Waals surface area contributed by atoms with Gasteiger partial charge in [0.1, 0.15) is 12.0 Å². The maximum Gasteiger partial charge on any atom is 0.232 e. The number of methoxy groups -OCH3 is 1. The summed E-state index contributed by atoms with van der Waals surface area (Å²) in [7, 11) is 1.64. The van der Waals surface area contributed by atoms with Gasteiger partial charge in [-0.3, -0.25) is 4.79 Å². The summed E-state index contributed by atoms with van der Waals surface area (Å²) >= 11 is 0. The number of amides is 1. The lowest BCUT2D eigenvalue weighted by atomic mass is 9.97. The molecule has 0 aliphatic carbocycles. The summed E-state index contributed by atoms with van der Waals surface area (Å²) in [5, 5.41) is 0. The lowest BCUT2D eigenvalue weighted by Gasteiger charge is -2.22. The van der Waals surface area contributed by atoms with E-state index in [1.807, 2.05) is 47.4 Å². The first-order valence-corrected chi connectivity index (χ1v) is 7.90. The van der Waals surface area contributed by atoms with Crippen molar-refractivity contribution in [2.75, 3.05) is 13.7 Å². The predicted molar refractivity (Wildman–Crippen MR) is 86.1 cm³/mol. The first-order chi connectivity index (χ1) is 11.3. The molecule has 23 heavy (non-hydrogen) atoms. The highest BCUT2D eigenvalue weighted by atomic mass is 16.5. The molecule has 4 heteroatoms. The van der Waals surface area contributed by atoms with Gasteiger partial charge in [0.05, 0.1) is 25.7 Å². The van der Waals surface area contributed by atoms with Gasteiger partial charge in [-0.2, -0.15) is 0 Å². The molecule has 3 atom stereocenters. The third-order valence-electron chi connectivity index (χ3n) is 4.76. The standard InChI is InChI=1S/C19H19NO3/c1-22-15-9-5-8-14(10-15)16-11-18-20(19(16)21)17(12-23-18)13-6-3-2-4-7-13/h2-10,16-18H,11-12H2,1H3/t16?,17-,18-/m1/s1. The number of hydrogen-bond acceptors (Lipinski definition) is 3. The molecule has 2 heterocycles. The topological polar surface area (TPSA) is 38.8 Å². The summed E-state index contributed by atoms with van der Waals surface area (Å²) in [6.07, 6.45) is 0.582.